The lowest BCUT2D eigenvalue weighted by Gasteiger charge is -2.13. The Bertz CT molecular complexity index is 1340. The fourth-order valence-electron chi connectivity index (χ4n) is 4.31. The second-order valence-corrected chi connectivity index (χ2v) is 8.11. The summed E-state index contributed by atoms with van der Waals surface area (Å²) in [6.45, 7) is 3.81. The molecule has 0 bridgehead atoms. The van der Waals surface area contributed by atoms with Crippen LogP contribution in [0, 0.1) is 0 Å². The number of carbonyl (C=O) groups excluding carboxylic acids is 1. The highest BCUT2D eigenvalue weighted by Gasteiger charge is 2.31. The molecule has 3 aromatic carbocycles. The van der Waals surface area contributed by atoms with Crippen LogP contribution in [0.3, 0.4) is 0 Å². The monoisotopic (exact) mass is 442 g/mol. The normalized spacial score (nSPS) is 14.4. The summed E-state index contributed by atoms with van der Waals surface area (Å²) in [5.41, 5.74) is 4.82. The minimum absolute atomic E-state index is 0.0487. The van der Waals surface area contributed by atoms with E-state index in [4.69, 9.17) is 16.3 Å². The van der Waals surface area contributed by atoms with Gasteiger partial charge in [-0.15, -0.1) is 0 Å². The number of aromatic nitrogens is 1. The number of rotatable bonds is 6. The standard InChI is InChI=1S/C27H23ClN2O2/c1-2-30-25-13-7-4-10-21(25)22(27(30)31)17-19-18-29(24-12-6-3-9-20(19)24)15-16-32-26-14-8-5-11-23(26)28/h3-14,17-18H,2,15-16H2,1H3/b22-17+. The van der Waals surface area contributed by atoms with Crippen molar-refractivity contribution in [3.63, 3.8) is 0 Å². The molecule has 5 rings (SSSR count). The molecule has 2 heterocycles. The van der Waals surface area contributed by atoms with Crippen molar-refractivity contribution in [2.75, 3.05) is 18.1 Å². The molecule has 0 N–H and O–H groups in total. The van der Waals surface area contributed by atoms with Gasteiger partial charge in [-0.05, 0) is 37.3 Å². The summed E-state index contributed by atoms with van der Waals surface area (Å²) >= 11 is 6.20. The Hall–Kier alpha value is -3.50. The van der Waals surface area contributed by atoms with Gasteiger partial charge in [-0.3, -0.25) is 4.79 Å². The topological polar surface area (TPSA) is 34.5 Å². The van der Waals surface area contributed by atoms with Crippen LogP contribution in [0.25, 0.3) is 22.6 Å². The van der Waals surface area contributed by atoms with Gasteiger partial charge in [0.2, 0.25) is 0 Å². The van der Waals surface area contributed by atoms with Gasteiger partial charge in [0.15, 0.2) is 0 Å². The van der Waals surface area contributed by atoms with Crippen LogP contribution >= 0.6 is 11.6 Å². The van der Waals surface area contributed by atoms with Crippen molar-refractivity contribution in [1.82, 2.24) is 4.57 Å². The molecule has 4 nitrogen and oxygen atoms in total. The van der Waals surface area contributed by atoms with Gasteiger partial charge in [0, 0.05) is 40.3 Å². The number of hydrogen-bond donors (Lipinski definition) is 0. The number of halogens is 1. The van der Waals surface area contributed by atoms with Crippen molar-refractivity contribution in [3.05, 3.63) is 95.1 Å². The lowest BCUT2D eigenvalue weighted by molar-refractivity contribution is -0.112. The lowest BCUT2D eigenvalue weighted by Crippen LogP contribution is -2.25. The van der Waals surface area contributed by atoms with Crippen molar-refractivity contribution in [1.29, 1.82) is 0 Å². The molecule has 1 amide bonds. The van der Waals surface area contributed by atoms with E-state index in [1.807, 2.05) is 78.6 Å². The first-order valence-electron chi connectivity index (χ1n) is 10.8. The quantitative estimate of drug-likeness (QED) is 0.329. The van der Waals surface area contributed by atoms with E-state index in [-0.39, 0.29) is 5.91 Å². The highest BCUT2D eigenvalue weighted by Crippen LogP contribution is 2.38. The molecule has 5 heteroatoms. The largest absolute Gasteiger partial charge is 0.490 e. The molecule has 0 saturated carbocycles. The van der Waals surface area contributed by atoms with Crippen LogP contribution in [-0.4, -0.2) is 23.6 Å². The Morgan fingerprint density at radius 1 is 0.969 bits per heavy atom. The van der Waals surface area contributed by atoms with Gasteiger partial charge in [0.05, 0.1) is 17.3 Å². The minimum Gasteiger partial charge on any atom is -0.490 e. The Balaban J connectivity index is 1.48. The van der Waals surface area contributed by atoms with Crippen LogP contribution in [-0.2, 0) is 11.3 Å². The summed E-state index contributed by atoms with van der Waals surface area (Å²) in [7, 11) is 0. The van der Waals surface area contributed by atoms with Crippen molar-refractivity contribution in [3.8, 4) is 5.75 Å². The molecular weight excluding hydrogens is 420 g/mol. The molecule has 0 fully saturated rings. The summed E-state index contributed by atoms with van der Waals surface area (Å²) in [4.78, 5) is 15.0. The van der Waals surface area contributed by atoms with Crippen molar-refractivity contribution in [2.24, 2.45) is 0 Å². The molecule has 0 saturated heterocycles. The molecule has 1 aliphatic heterocycles. The zero-order valence-corrected chi connectivity index (χ0v) is 18.5. The molecular formula is C27H23ClN2O2. The molecule has 0 radical (unpaired) electrons. The van der Waals surface area contributed by atoms with Crippen molar-refractivity contribution < 1.29 is 9.53 Å². The van der Waals surface area contributed by atoms with E-state index in [9.17, 15) is 4.79 Å². The van der Waals surface area contributed by atoms with Crippen LogP contribution in [0.4, 0.5) is 5.69 Å². The lowest BCUT2D eigenvalue weighted by atomic mass is 10.0. The predicted molar refractivity (Wildman–Crippen MR) is 131 cm³/mol. The van der Waals surface area contributed by atoms with E-state index >= 15 is 0 Å². The predicted octanol–water partition coefficient (Wildman–Crippen LogP) is 6.28. The number of fused-ring (bicyclic) bond motifs is 2. The van der Waals surface area contributed by atoms with Crippen LogP contribution in [0.2, 0.25) is 5.02 Å². The number of amides is 1. The fourth-order valence-corrected chi connectivity index (χ4v) is 4.50. The van der Waals surface area contributed by atoms with Crippen molar-refractivity contribution >= 4 is 45.7 Å². The second-order valence-electron chi connectivity index (χ2n) is 7.70. The van der Waals surface area contributed by atoms with Gasteiger partial charge >= 0.3 is 0 Å². The highest BCUT2D eigenvalue weighted by molar-refractivity contribution is 6.36. The number of nitrogens with zero attached hydrogens (tertiary/aromatic N) is 2. The van der Waals surface area contributed by atoms with E-state index in [2.05, 4.69) is 22.9 Å². The van der Waals surface area contributed by atoms with Crippen LogP contribution in [0.1, 0.15) is 18.1 Å². The van der Waals surface area contributed by atoms with Crippen LogP contribution < -0.4 is 9.64 Å². The third-order valence-corrected chi connectivity index (χ3v) is 6.13. The van der Waals surface area contributed by atoms with E-state index in [0.717, 1.165) is 33.3 Å². The first-order chi connectivity index (χ1) is 15.7. The first-order valence-corrected chi connectivity index (χ1v) is 11.1. The van der Waals surface area contributed by atoms with E-state index in [0.29, 0.717) is 30.5 Å². The number of ether oxygens (including phenoxy) is 1. The molecule has 32 heavy (non-hydrogen) atoms. The molecule has 160 valence electrons. The SMILES string of the molecule is CCN1C(=O)/C(=C/c2cn(CCOc3ccccc3Cl)c3ccccc23)c2ccccc21. The average Bonchev–Trinajstić information content (AvgIpc) is 3.30. The number of hydrogen-bond acceptors (Lipinski definition) is 2. The van der Waals surface area contributed by atoms with Gasteiger partial charge in [0.1, 0.15) is 12.4 Å². The third-order valence-electron chi connectivity index (χ3n) is 5.82. The molecule has 0 atom stereocenters. The summed E-state index contributed by atoms with van der Waals surface area (Å²) in [6, 6.07) is 23.7. The smallest absolute Gasteiger partial charge is 0.258 e. The molecule has 0 spiro atoms. The number of para-hydroxylation sites is 3. The van der Waals surface area contributed by atoms with Gasteiger partial charge < -0.3 is 14.2 Å². The van der Waals surface area contributed by atoms with Crippen LogP contribution in [0.5, 0.6) is 5.75 Å². The molecule has 4 aromatic rings. The summed E-state index contributed by atoms with van der Waals surface area (Å²) in [5, 5.41) is 1.71. The molecule has 1 aliphatic rings. The van der Waals surface area contributed by atoms with Gasteiger partial charge in [-0.2, -0.15) is 0 Å². The minimum atomic E-state index is 0.0487. The fraction of sp³-hybridized carbons (Fsp3) is 0.148. The van der Waals surface area contributed by atoms with Gasteiger partial charge in [0.25, 0.3) is 5.91 Å². The Kier molecular flexibility index (Phi) is 5.46. The number of carbonyl (C=O) groups is 1. The molecule has 1 aromatic heterocycles. The summed E-state index contributed by atoms with van der Waals surface area (Å²) < 4.78 is 8.06. The second kappa shape index (κ2) is 8.56. The van der Waals surface area contributed by atoms with E-state index in [1.54, 1.807) is 0 Å². The van der Waals surface area contributed by atoms with Gasteiger partial charge in [-0.1, -0.05) is 60.1 Å². The highest BCUT2D eigenvalue weighted by atomic mass is 35.5. The van der Waals surface area contributed by atoms with Crippen molar-refractivity contribution in [2.45, 2.75) is 13.5 Å². The number of anilines is 1. The maximum atomic E-state index is 13.1. The number of likely N-dealkylation sites (N-methyl/N-ethyl adjacent to an activating group) is 1. The van der Waals surface area contributed by atoms with Gasteiger partial charge in [-0.25, -0.2) is 0 Å². The Labute approximate surface area is 192 Å². The average molecular weight is 443 g/mol. The maximum absolute atomic E-state index is 13.1. The summed E-state index contributed by atoms with van der Waals surface area (Å²) in [6.07, 6.45) is 4.11. The van der Waals surface area contributed by atoms with E-state index < -0.39 is 0 Å². The number of benzene rings is 3. The Morgan fingerprint density at radius 3 is 2.56 bits per heavy atom. The molecule has 0 aliphatic carbocycles. The molecule has 0 unspecified atom stereocenters. The van der Waals surface area contributed by atoms with Crippen LogP contribution in [0.15, 0.2) is 79.0 Å². The Morgan fingerprint density at radius 2 is 1.72 bits per heavy atom. The first kappa shape index (κ1) is 20.4. The zero-order valence-electron chi connectivity index (χ0n) is 17.8. The summed E-state index contributed by atoms with van der Waals surface area (Å²) in [5.74, 6) is 0.730. The third kappa shape index (κ3) is 3.57. The maximum Gasteiger partial charge on any atom is 0.258 e. The zero-order chi connectivity index (χ0) is 22.1. The van der Waals surface area contributed by atoms with E-state index in [1.165, 1.54) is 0 Å².